The molecule has 0 fully saturated rings. The molecule has 1 unspecified atom stereocenters. The largest absolute Gasteiger partial charge is 0.355 e. The molecule has 0 saturated carbocycles. The van der Waals surface area contributed by atoms with E-state index in [1.54, 1.807) is 19.1 Å². The van der Waals surface area contributed by atoms with E-state index in [0.717, 1.165) is 6.42 Å². The first-order chi connectivity index (χ1) is 8.98. The lowest BCUT2D eigenvalue weighted by Gasteiger charge is -2.23. The third-order valence-corrected chi connectivity index (χ3v) is 2.83. The Hall–Kier alpha value is -1.59. The van der Waals surface area contributed by atoms with Crippen LogP contribution in [0, 0.1) is 0 Å². The van der Waals surface area contributed by atoms with Gasteiger partial charge in [-0.3, -0.25) is 9.59 Å². The molecule has 0 heterocycles. The smallest absolute Gasteiger partial charge is 0.244 e. The van der Waals surface area contributed by atoms with Gasteiger partial charge in [-0.2, -0.15) is 0 Å². The number of carbonyl (C=O) groups is 2. The van der Waals surface area contributed by atoms with Crippen molar-refractivity contribution in [2.75, 3.05) is 13.1 Å². The number of carbonyl (C=O) groups excluding carboxylic acids is 2. The molecule has 0 aliphatic rings. The molecule has 1 aromatic carbocycles. The van der Waals surface area contributed by atoms with Gasteiger partial charge in [0, 0.05) is 6.54 Å². The van der Waals surface area contributed by atoms with Gasteiger partial charge in [-0.05, 0) is 18.9 Å². The molecule has 1 atom stereocenters. The minimum atomic E-state index is -1.15. The van der Waals surface area contributed by atoms with Gasteiger partial charge in [0.25, 0.3) is 0 Å². The van der Waals surface area contributed by atoms with Crippen molar-refractivity contribution < 1.29 is 9.59 Å². The van der Waals surface area contributed by atoms with Crippen molar-refractivity contribution in [3.8, 4) is 0 Å². The molecule has 5 nitrogen and oxygen atoms in total. The van der Waals surface area contributed by atoms with E-state index in [4.69, 9.17) is 5.73 Å². The number of halogens is 1. The predicted molar refractivity (Wildman–Crippen MR) is 81.5 cm³/mol. The second kappa shape index (κ2) is 8.55. The standard InChI is InChI=1S/C14H21N3O2.ClH/c1-3-9-16-12(18)10-17-13(19)14(2,15)11-7-5-4-6-8-11;/h4-8H,3,9-10,15H2,1-2H3,(H,16,18)(H,17,19);1H. The van der Waals surface area contributed by atoms with E-state index in [0.29, 0.717) is 12.1 Å². The van der Waals surface area contributed by atoms with E-state index in [9.17, 15) is 9.59 Å². The molecule has 0 spiro atoms. The fraction of sp³-hybridized carbons (Fsp3) is 0.429. The van der Waals surface area contributed by atoms with Crippen molar-refractivity contribution >= 4 is 24.2 Å². The summed E-state index contributed by atoms with van der Waals surface area (Å²) in [4.78, 5) is 23.4. The molecule has 6 heteroatoms. The molecule has 0 aliphatic carbocycles. The van der Waals surface area contributed by atoms with Gasteiger partial charge >= 0.3 is 0 Å². The monoisotopic (exact) mass is 299 g/mol. The van der Waals surface area contributed by atoms with Crippen LogP contribution in [0.3, 0.4) is 0 Å². The van der Waals surface area contributed by atoms with Gasteiger partial charge in [0.05, 0.1) is 6.54 Å². The lowest BCUT2D eigenvalue weighted by Crippen LogP contribution is -2.51. The summed E-state index contributed by atoms with van der Waals surface area (Å²) in [5, 5.41) is 5.24. The summed E-state index contributed by atoms with van der Waals surface area (Å²) in [5.74, 6) is -0.579. The highest BCUT2D eigenvalue weighted by Crippen LogP contribution is 2.16. The number of hydrogen-bond donors (Lipinski definition) is 3. The highest BCUT2D eigenvalue weighted by atomic mass is 35.5. The molecule has 2 amide bonds. The van der Waals surface area contributed by atoms with Crippen molar-refractivity contribution in [1.29, 1.82) is 0 Å². The Bertz CT molecular complexity index is 435. The SMILES string of the molecule is CCCNC(=O)CNC(=O)C(C)(N)c1ccccc1.Cl. The Morgan fingerprint density at radius 2 is 1.80 bits per heavy atom. The van der Waals surface area contributed by atoms with Crippen molar-refractivity contribution in [1.82, 2.24) is 10.6 Å². The van der Waals surface area contributed by atoms with E-state index in [-0.39, 0.29) is 30.8 Å². The van der Waals surface area contributed by atoms with Crippen LogP contribution in [-0.2, 0) is 15.1 Å². The number of nitrogens with two attached hydrogens (primary N) is 1. The molecular weight excluding hydrogens is 278 g/mol. The Morgan fingerprint density at radius 3 is 2.35 bits per heavy atom. The Morgan fingerprint density at radius 1 is 1.20 bits per heavy atom. The predicted octanol–water partition coefficient (Wildman–Crippen LogP) is 0.925. The van der Waals surface area contributed by atoms with Gasteiger partial charge in [0.1, 0.15) is 5.54 Å². The van der Waals surface area contributed by atoms with Crippen LogP contribution in [0.2, 0.25) is 0 Å². The van der Waals surface area contributed by atoms with Crippen molar-refractivity contribution in [2.24, 2.45) is 5.73 Å². The van der Waals surface area contributed by atoms with E-state index in [1.807, 2.05) is 25.1 Å². The van der Waals surface area contributed by atoms with E-state index in [1.165, 1.54) is 0 Å². The van der Waals surface area contributed by atoms with Gasteiger partial charge in [-0.25, -0.2) is 0 Å². The van der Waals surface area contributed by atoms with Crippen molar-refractivity contribution in [3.63, 3.8) is 0 Å². The summed E-state index contributed by atoms with van der Waals surface area (Å²) in [7, 11) is 0. The quantitative estimate of drug-likeness (QED) is 0.730. The summed E-state index contributed by atoms with van der Waals surface area (Å²) in [6.45, 7) is 4.14. The van der Waals surface area contributed by atoms with Gasteiger partial charge in [-0.1, -0.05) is 37.3 Å². The maximum absolute atomic E-state index is 12.0. The summed E-state index contributed by atoms with van der Waals surface area (Å²) < 4.78 is 0. The molecular formula is C14H22ClN3O2. The molecule has 4 N–H and O–H groups in total. The Labute approximate surface area is 125 Å². The first-order valence-corrected chi connectivity index (χ1v) is 6.38. The molecule has 1 rings (SSSR count). The highest BCUT2D eigenvalue weighted by molar-refractivity contribution is 5.90. The normalized spacial score (nSPS) is 12.8. The first-order valence-electron chi connectivity index (χ1n) is 6.38. The van der Waals surface area contributed by atoms with Gasteiger partial charge in [0.2, 0.25) is 11.8 Å². The van der Waals surface area contributed by atoms with E-state index < -0.39 is 5.54 Å². The van der Waals surface area contributed by atoms with Crippen LogP contribution in [0.15, 0.2) is 30.3 Å². The van der Waals surface area contributed by atoms with Crippen LogP contribution in [0.1, 0.15) is 25.8 Å². The van der Waals surface area contributed by atoms with Gasteiger partial charge in [-0.15, -0.1) is 12.4 Å². The third kappa shape index (κ3) is 5.19. The van der Waals surface area contributed by atoms with Crippen LogP contribution in [0.25, 0.3) is 0 Å². The number of amides is 2. The van der Waals surface area contributed by atoms with Crippen molar-refractivity contribution in [3.05, 3.63) is 35.9 Å². The van der Waals surface area contributed by atoms with Gasteiger partial charge < -0.3 is 16.4 Å². The second-order valence-corrected chi connectivity index (χ2v) is 4.60. The number of hydrogen-bond acceptors (Lipinski definition) is 3. The number of rotatable bonds is 6. The molecule has 0 bridgehead atoms. The van der Waals surface area contributed by atoms with Crippen LogP contribution < -0.4 is 16.4 Å². The minimum absolute atomic E-state index is 0. The summed E-state index contributed by atoms with van der Waals surface area (Å²) in [5.41, 5.74) is 5.59. The lowest BCUT2D eigenvalue weighted by molar-refractivity contribution is -0.129. The highest BCUT2D eigenvalue weighted by Gasteiger charge is 2.30. The van der Waals surface area contributed by atoms with Crippen LogP contribution in [0.4, 0.5) is 0 Å². The molecule has 0 aromatic heterocycles. The molecule has 0 radical (unpaired) electrons. The molecule has 112 valence electrons. The van der Waals surface area contributed by atoms with Gasteiger partial charge in [0.15, 0.2) is 0 Å². The summed E-state index contributed by atoms with van der Waals surface area (Å²) in [6, 6.07) is 9.08. The van der Waals surface area contributed by atoms with Crippen LogP contribution in [0.5, 0.6) is 0 Å². The van der Waals surface area contributed by atoms with Crippen molar-refractivity contribution in [2.45, 2.75) is 25.8 Å². The zero-order chi connectivity index (χ0) is 14.3. The number of nitrogens with one attached hydrogen (secondary N) is 2. The molecule has 0 aliphatic heterocycles. The average molecular weight is 300 g/mol. The number of benzene rings is 1. The molecule has 0 saturated heterocycles. The average Bonchev–Trinajstić information content (AvgIpc) is 2.43. The second-order valence-electron chi connectivity index (χ2n) is 4.60. The summed E-state index contributed by atoms with van der Waals surface area (Å²) in [6.07, 6.45) is 0.859. The van der Waals surface area contributed by atoms with E-state index in [2.05, 4.69) is 10.6 Å². The topological polar surface area (TPSA) is 84.2 Å². The van der Waals surface area contributed by atoms with Crippen LogP contribution >= 0.6 is 12.4 Å². The Balaban J connectivity index is 0.00000361. The fourth-order valence-corrected chi connectivity index (χ4v) is 1.59. The summed E-state index contributed by atoms with van der Waals surface area (Å²) >= 11 is 0. The molecule has 20 heavy (non-hydrogen) atoms. The Kier molecular flexibility index (Phi) is 7.87. The maximum Gasteiger partial charge on any atom is 0.244 e. The minimum Gasteiger partial charge on any atom is -0.355 e. The first kappa shape index (κ1) is 18.4. The fourth-order valence-electron chi connectivity index (χ4n) is 1.59. The van der Waals surface area contributed by atoms with Crippen LogP contribution in [-0.4, -0.2) is 24.9 Å². The van der Waals surface area contributed by atoms with E-state index >= 15 is 0 Å². The zero-order valence-electron chi connectivity index (χ0n) is 11.8. The maximum atomic E-state index is 12.0. The third-order valence-electron chi connectivity index (χ3n) is 2.83. The lowest BCUT2D eigenvalue weighted by atomic mass is 9.92. The zero-order valence-corrected chi connectivity index (χ0v) is 12.6. The molecule has 1 aromatic rings.